The molecule has 3 aromatic rings. The number of primary amides is 1. The summed E-state index contributed by atoms with van der Waals surface area (Å²) in [7, 11) is 0. The maximum absolute atomic E-state index is 11.4. The maximum Gasteiger partial charge on any atom is 0.274 e. The normalized spacial score (nSPS) is 10.7. The van der Waals surface area contributed by atoms with Gasteiger partial charge in [-0.3, -0.25) is 19.5 Å². The van der Waals surface area contributed by atoms with Crippen molar-refractivity contribution in [3.05, 3.63) is 81.4 Å². The van der Waals surface area contributed by atoms with Crippen molar-refractivity contribution in [1.82, 2.24) is 14.8 Å². The van der Waals surface area contributed by atoms with Crippen molar-refractivity contribution in [2.45, 2.75) is 17.5 Å². The zero-order valence-electron chi connectivity index (χ0n) is 15.1. The number of allylic oxidation sites excluding steroid dienone is 1. The number of carbonyl (C=O) groups excluding carboxylic acids is 1. The first-order valence-corrected chi connectivity index (χ1v) is 9.77. The smallest absolute Gasteiger partial charge is 0.274 e. The van der Waals surface area contributed by atoms with Crippen molar-refractivity contribution >= 4 is 35.0 Å². The lowest BCUT2D eigenvalue weighted by Gasteiger charge is -2.08. The van der Waals surface area contributed by atoms with Crippen LogP contribution in [0.25, 0.3) is 11.4 Å². The molecule has 1 aromatic heterocycles. The molecule has 148 valence electrons. The van der Waals surface area contributed by atoms with E-state index in [-0.39, 0.29) is 17.0 Å². The maximum atomic E-state index is 11.4. The largest absolute Gasteiger partial charge is 0.366 e. The number of benzene rings is 2. The van der Waals surface area contributed by atoms with E-state index < -0.39 is 10.8 Å². The van der Waals surface area contributed by atoms with Crippen molar-refractivity contribution < 1.29 is 9.72 Å². The first-order chi connectivity index (χ1) is 13.9. The van der Waals surface area contributed by atoms with Crippen LogP contribution in [0.3, 0.4) is 0 Å². The molecule has 29 heavy (non-hydrogen) atoms. The van der Waals surface area contributed by atoms with E-state index >= 15 is 0 Å². The van der Waals surface area contributed by atoms with Crippen LogP contribution in [0.4, 0.5) is 5.69 Å². The first-order valence-electron chi connectivity index (χ1n) is 8.40. The van der Waals surface area contributed by atoms with E-state index in [9.17, 15) is 14.9 Å². The highest BCUT2D eigenvalue weighted by Crippen LogP contribution is 2.30. The number of rotatable bonds is 8. The van der Waals surface area contributed by atoms with E-state index in [1.54, 1.807) is 18.2 Å². The predicted octanol–water partition coefficient (Wildman–Crippen LogP) is 4.08. The molecular formula is C19H16ClN5O3S. The number of amides is 1. The van der Waals surface area contributed by atoms with Crippen molar-refractivity contribution in [2.75, 3.05) is 0 Å². The van der Waals surface area contributed by atoms with Gasteiger partial charge >= 0.3 is 0 Å². The van der Waals surface area contributed by atoms with E-state index in [0.717, 1.165) is 5.56 Å². The van der Waals surface area contributed by atoms with E-state index in [2.05, 4.69) is 16.8 Å². The van der Waals surface area contributed by atoms with Gasteiger partial charge < -0.3 is 5.73 Å². The van der Waals surface area contributed by atoms with E-state index in [0.29, 0.717) is 28.1 Å². The van der Waals surface area contributed by atoms with Crippen molar-refractivity contribution in [3.63, 3.8) is 0 Å². The topological polar surface area (TPSA) is 117 Å². The highest BCUT2D eigenvalue weighted by Gasteiger charge is 2.19. The highest BCUT2D eigenvalue weighted by molar-refractivity contribution is 7.98. The molecule has 0 aliphatic rings. The van der Waals surface area contributed by atoms with Crippen LogP contribution in [0.2, 0.25) is 5.02 Å². The Hall–Kier alpha value is -3.17. The minimum atomic E-state index is -0.717. The zero-order valence-corrected chi connectivity index (χ0v) is 16.7. The lowest BCUT2D eigenvalue weighted by molar-refractivity contribution is -0.385. The summed E-state index contributed by atoms with van der Waals surface area (Å²) in [5.41, 5.74) is 6.43. The summed E-state index contributed by atoms with van der Waals surface area (Å²) in [5, 5.41) is 21.1. The average molecular weight is 430 g/mol. The monoisotopic (exact) mass is 429 g/mol. The molecule has 10 heteroatoms. The van der Waals surface area contributed by atoms with E-state index in [1.807, 2.05) is 16.7 Å². The van der Waals surface area contributed by atoms with Gasteiger partial charge in [-0.05, 0) is 30.3 Å². The Labute approximate surface area is 175 Å². The molecule has 0 fully saturated rings. The summed E-state index contributed by atoms with van der Waals surface area (Å²) in [5.74, 6) is 0.193. The van der Waals surface area contributed by atoms with Gasteiger partial charge in [0.25, 0.3) is 5.69 Å². The molecule has 0 bridgehead atoms. The molecule has 0 atom stereocenters. The minimum Gasteiger partial charge on any atom is -0.366 e. The van der Waals surface area contributed by atoms with E-state index in [4.69, 9.17) is 17.3 Å². The summed E-state index contributed by atoms with van der Waals surface area (Å²) in [6, 6.07) is 11.4. The third kappa shape index (κ3) is 4.64. The molecule has 8 nitrogen and oxygen atoms in total. The van der Waals surface area contributed by atoms with Gasteiger partial charge in [0.15, 0.2) is 11.0 Å². The molecule has 2 N–H and O–H groups in total. The van der Waals surface area contributed by atoms with Gasteiger partial charge in [-0.2, -0.15) is 0 Å². The molecule has 0 saturated heterocycles. The number of nitro benzene ring substituents is 1. The van der Waals surface area contributed by atoms with Crippen LogP contribution >= 0.6 is 23.4 Å². The quantitative estimate of drug-likeness (QED) is 0.249. The standard InChI is InChI=1S/C19H16ClN5O3S/c1-2-9-24-18(12-5-7-15(20)8-6-12)22-23-19(24)29-11-14-4-3-13(17(21)26)10-16(14)25(27)28/h2-8,10H,1,9,11H2,(H2,21,26). The number of thioether (sulfide) groups is 1. The van der Waals surface area contributed by atoms with Crippen LogP contribution in [0.15, 0.2) is 60.3 Å². The van der Waals surface area contributed by atoms with Crippen molar-refractivity contribution in [3.8, 4) is 11.4 Å². The Balaban J connectivity index is 1.89. The number of hydrogen-bond donors (Lipinski definition) is 1. The van der Waals surface area contributed by atoms with Gasteiger partial charge in [-0.1, -0.05) is 35.5 Å². The molecule has 0 aliphatic heterocycles. The van der Waals surface area contributed by atoms with Gasteiger partial charge in [0, 0.05) is 40.1 Å². The second kappa shape index (κ2) is 8.89. The first kappa shape index (κ1) is 20.6. The molecule has 2 aromatic carbocycles. The highest BCUT2D eigenvalue weighted by atomic mass is 35.5. The number of hydrogen-bond acceptors (Lipinski definition) is 6. The number of aromatic nitrogens is 3. The molecule has 0 unspecified atom stereocenters. The minimum absolute atomic E-state index is 0.0882. The lowest BCUT2D eigenvalue weighted by Crippen LogP contribution is -2.11. The van der Waals surface area contributed by atoms with Crippen LogP contribution in [0, 0.1) is 10.1 Å². The molecule has 0 radical (unpaired) electrons. The molecule has 1 amide bonds. The SMILES string of the molecule is C=CCn1c(SCc2ccc(C(N)=O)cc2[N+](=O)[O-])nnc1-c1ccc(Cl)cc1. The van der Waals surface area contributed by atoms with Crippen LogP contribution < -0.4 is 5.73 Å². The molecule has 3 rings (SSSR count). The zero-order chi connectivity index (χ0) is 21.0. The molecule has 0 spiro atoms. The third-order valence-electron chi connectivity index (χ3n) is 4.05. The van der Waals surface area contributed by atoms with Gasteiger partial charge in [0.05, 0.1) is 4.92 Å². The molecule has 1 heterocycles. The second-order valence-electron chi connectivity index (χ2n) is 5.97. The Kier molecular flexibility index (Phi) is 6.30. The lowest BCUT2D eigenvalue weighted by atomic mass is 10.1. The predicted molar refractivity (Wildman–Crippen MR) is 112 cm³/mol. The van der Waals surface area contributed by atoms with Crippen LogP contribution in [-0.2, 0) is 12.3 Å². The summed E-state index contributed by atoms with van der Waals surface area (Å²) in [6.45, 7) is 4.24. The van der Waals surface area contributed by atoms with Gasteiger partial charge in [0.2, 0.25) is 5.91 Å². The fourth-order valence-corrected chi connectivity index (χ4v) is 3.72. The van der Waals surface area contributed by atoms with Crippen LogP contribution in [0.5, 0.6) is 0 Å². The van der Waals surface area contributed by atoms with Crippen LogP contribution in [-0.4, -0.2) is 25.6 Å². The third-order valence-corrected chi connectivity index (χ3v) is 5.32. The molecular weight excluding hydrogens is 414 g/mol. The summed E-state index contributed by atoms with van der Waals surface area (Å²) in [6.07, 6.45) is 1.72. The fourth-order valence-electron chi connectivity index (χ4n) is 2.65. The number of nitro groups is 1. The number of nitrogens with zero attached hydrogens (tertiary/aromatic N) is 4. The number of halogens is 1. The van der Waals surface area contributed by atoms with Crippen LogP contribution in [0.1, 0.15) is 15.9 Å². The van der Waals surface area contributed by atoms with Gasteiger partial charge in [-0.25, -0.2) is 0 Å². The summed E-state index contributed by atoms with van der Waals surface area (Å²) >= 11 is 7.25. The van der Waals surface area contributed by atoms with Gasteiger partial charge in [0.1, 0.15) is 0 Å². The Morgan fingerprint density at radius 2 is 2.00 bits per heavy atom. The Morgan fingerprint density at radius 3 is 2.62 bits per heavy atom. The van der Waals surface area contributed by atoms with Crippen molar-refractivity contribution in [2.24, 2.45) is 5.73 Å². The van der Waals surface area contributed by atoms with Gasteiger partial charge in [-0.15, -0.1) is 16.8 Å². The molecule has 0 aliphatic carbocycles. The number of nitrogens with two attached hydrogens (primary N) is 1. The summed E-state index contributed by atoms with van der Waals surface area (Å²) < 4.78 is 1.87. The Morgan fingerprint density at radius 1 is 1.28 bits per heavy atom. The molecule has 0 saturated carbocycles. The fraction of sp³-hybridized carbons (Fsp3) is 0.105. The summed E-state index contributed by atoms with van der Waals surface area (Å²) in [4.78, 5) is 22.1. The van der Waals surface area contributed by atoms with Crippen molar-refractivity contribution in [1.29, 1.82) is 0 Å². The second-order valence-corrected chi connectivity index (χ2v) is 7.34. The Bertz CT molecular complexity index is 1080. The van der Waals surface area contributed by atoms with E-state index in [1.165, 1.54) is 30.0 Å². The average Bonchev–Trinajstić information content (AvgIpc) is 3.09. The number of carbonyl (C=O) groups is 1.